The highest BCUT2D eigenvalue weighted by atomic mass is 16.6. The third-order valence-corrected chi connectivity index (χ3v) is 7.24. The van der Waals surface area contributed by atoms with Crippen molar-refractivity contribution in [3.63, 3.8) is 0 Å². The van der Waals surface area contributed by atoms with Crippen molar-refractivity contribution >= 4 is 11.7 Å². The van der Waals surface area contributed by atoms with Gasteiger partial charge in [0.15, 0.2) is 0 Å². The van der Waals surface area contributed by atoms with Gasteiger partial charge in [-0.1, -0.05) is 37.3 Å². The summed E-state index contributed by atoms with van der Waals surface area (Å²) in [5.41, 5.74) is 6.98. The number of morpholine rings is 1. The second-order valence-corrected chi connectivity index (χ2v) is 9.62. The molecule has 0 spiro atoms. The molecule has 6 heteroatoms. The molecule has 2 heterocycles. The summed E-state index contributed by atoms with van der Waals surface area (Å²) in [5, 5.41) is 0. The summed E-state index contributed by atoms with van der Waals surface area (Å²) in [5.74, 6) is -0.307. The van der Waals surface area contributed by atoms with Crippen molar-refractivity contribution in [2.45, 2.75) is 31.9 Å². The molecular weight excluding hydrogens is 402 g/mol. The molecule has 2 aliphatic rings. The molecule has 6 nitrogen and oxygen atoms in total. The summed E-state index contributed by atoms with van der Waals surface area (Å²) in [4.78, 5) is 18.3. The fraction of sp³-hybridized carbons (Fsp3) is 0.500. The number of carbonyl (C=O) groups excluding carboxylic acids is 1. The van der Waals surface area contributed by atoms with E-state index in [9.17, 15) is 4.79 Å². The van der Waals surface area contributed by atoms with Crippen molar-refractivity contribution in [3.8, 4) is 0 Å². The van der Waals surface area contributed by atoms with Crippen molar-refractivity contribution in [1.82, 2.24) is 9.80 Å². The van der Waals surface area contributed by atoms with Gasteiger partial charge in [0, 0.05) is 49.7 Å². The first-order valence-electron chi connectivity index (χ1n) is 11.5. The summed E-state index contributed by atoms with van der Waals surface area (Å²) in [7, 11) is 2.17. The summed E-state index contributed by atoms with van der Waals surface area (Å²) in [6.07, 6.45) is 0.731. The Bertz CT molecular complexity index is 914. The van der Waals surface area contributed by atoms with Crippen LogP contribution in [0.1, 0.15) is 36.2 Å². The summed E-state index contributed by atoms with van der Waals surface area (Å²) >= 11 is 0. The molecule has 0 radical (unpaired) electrons. The van der Waals surface area contributed by atoms with Gasteiger partial charge in [0.25, 0.3) is 0 Å². The summed E-state index contributed by atoms with van der Waals surface area (Å²) in [6, 6.07) is 17.5. The highest BCUT2D eigenvalue weighted by Gasteiger charge is 2.57. The van der Waals surface area contributed by atoms with Gasteiger partial charge in [-0.05, 0) is 43.8 Å². The smallest absolute Gasteiger partial charge is 0.339 e. The summed E-state index contributed by atoms with van der Waals surface area (Å²) in [6.45, 7) is 9.42. The highest BCUT2D eigenvalue weighted by Crippen LogP contribution is 2.51. The van der Waals surface area contributed by atoms with Crippen LogP contribution in [0, 0.1) is 5.41 Å². The number of likely N-dealkylation sites (tertiary alicyclic amines) is 1. The largest absolute Gasteiger partial charge is 0.450 e. The van der Waals surface area contributed by atoms with Crippen molar-refractivity contribution in [2.75, 3.05) is 52.2 Å². The summed E-state index contributed by atoms with van der Waals surface area (Å²) < 4.78 is 12.2. The van der Waals surface area contributed by atoms with Gasteiger partial charge in [-0.15, -0.1) is 0 Å². The Morgan fingerprint density at radius 1 is 1.12 bits per heavy atom. The van der Waals surface area contributed by atoms with Gasteiger partial charge in [-0.2, -0.15) is 0 Å². The number of hydrogen-bond donors (Lipinski definition) is 1. The number of hydrogen-bond acceptors (Lipinski definition) is 6. The van der Waals surface area contributed by atoms with E-state index in [1.807, 2.05) is 18.2 Å². The maximum Gasteiger partial charge on any atom is 0.339 e. The molecule has 2 aliphatic heterocycles. The number of nitrogens with two attached hydrogens (primary N) is 1. The average molecular weight is 438 g/mol. The van der Waals surface area contributed by atoms with Crippen LogP contribution < -0.4 is 5.73 Å². The van der Waals surface area contributed by atoms with Crippen LogP contribution in [0.3, 0.4) is 0 Å². The lowest BCUT2D eigenvalue weighted by molar-refractivity contribution is -0.163. The SMILES string of the molecule is CC1CC(OC(=O)c2ccc(N)cc2)(c2ccccc2)C(C)(CN2CCOCC2)CN1C. The number of esters is 1. The predicted molar refractivity (Wildman–Crippen MR) is 126 cm³/mol. The monoisotopic (exact) mass is 437 g/mol. The molecule has 0 aromatic heterocycles. The first-order chi connectivity index (χ1) is 15.3. The molecule has 172 valence electrons. The minimum atomic E-state index is -0.753. The first-order valence-corrected chi connectivity index (χ1v) is 11.5. The standard InChI is InChI=1S/C26H35N3O3/c1-20-17-26(22-7-5-4-6-8-22,32-24(30)21-9-11-23(27)12-10-21)25(2,18-28(20)3)19-29-13-15-31-16-14-29/h4-12,20H,13-19,27H2,1-3H3. The van der Waals surface area contributed by atoms with Gasteiger partial charge < -0.3 is 20.1 Å². The number of carbonyl (C=O) groups is 1. The van der Waals surface area contributed by atoms with E-state index < -0.39 is 5.60 Å². The molecule has 4 rings (SSSR count). The molecule has 2 saturated heterocycles. The zero-order valence-electron chi connectivity index (χ0n) is 19.4. The molecule has 2 N–H and O–H groups in total. The fourth-order valence-corrected chi connectivity index (χ4v) is 5.32. The third kappa shape index (κ3) is 4.40. The zero-order chi connectivity index (χ0) is 22.8. The number of nitrogens with zero attached hydrogens (tertiary/aromatic N) is 2. The Morgan fingerprint density at radius 3 is 2.44 bits per heavy atom. The number of ether oxygens (including phenoxy) is 2. The Kier molecular flexibility index (Phi) is 6.56. The molecule has 0 saturated carbocycles. The minimum Gasteiger partial charge on any atom is -0.450 e. The molecular formula is C26H35N3O3. The third-order valence-electron chi connectivity index (χ3n) is 7.24. The lowest BCUT2D eigenvalue weighted by Gasteiger charge is -2.57. The molecule has 2 aromatic rings. The molecule has 0 bridgehead atoms. The fourth-order valence-electron chi connectivity index (χ4n) is 5.32. The van der Waals surface area contributed by atoms with Gasteiger partial charge in [0.05, 0.1) is 18.8 Å². The van der Waals surface area contributed by atoms with E-state index in [1.54, 1.807) is 24.3 Å². The van der Waals surface area contributed by atoms with E-state index in [0.717, 1.165) is 51.4 Å². The van der Waals surface area contributed by atoms with E-state index in [1.165, 1.54) is 0 Å². The Morgan fingerprint density at radius 2 is 1.78 bits per heavy atom. The lowest BCUT2D eigenvalue weighted by Crippen LogP contribution is -2.64. The molecule has 2 fully saturated rings. The van der Waals surface area contributed by atoms with Crippen molar-refractivity contribution in [2.24, 2.45) is 5.41 Å². The van der Waals surface area contributed by atoms with Crippen molar-refractivity contribution in [1.29, 1.82) is 0 Å². The van der Waals surface area contributed by atoms with Crippen LogP contribution in [0.4, 0.5) is 5.69 Å². The number of piperidine rings is 1. The number of anilines is 1. The van der Waals surface area contributed by atoms with Gasteiger partial charge >= 0.3 is 5.97 Å². The van der Waals surface area contributed by atoms with E-state index in [-0.39, 0.29) is 17.4 Å². The Labute approximate surface area is 191 Å². The van der Waals surface area contributed by atoms with Gasteiger partial charge in [0.1, 0.15) is 5.60 Å². The maximum absolute atomic E-state index is 13.5. The van der Waals surface area contributed by atoms with Gasteiger partial charge in [-0.25, -0.2) is 4.79 Å². The van der Waals surface area contributed by atoms with Crippen LogP contribution in [0.2, 0.25) is 0 Å². The minimum absolute atomic E-state index is 0.271. The molecule has 3 unspecified atom stereocenters. The van der Waals surface area contributed by atoms with Crippen LogP contribution in [0.5, 0.6) is 0 Å². The second kappa shape index (κ2) is 9.22. The van der Waals surface area contributed by atoms with Crippen LogP contribution in [-0.4, -0.2) is 68.3 Å². The molecule has 2 aromatic carbocycles. The van der Waals surface area contributed by atoms with Crippen molar-refractivity contribution in [3.05, 3.63) is 65.7 Å². The molecule has 0 amide bonds. The van der Waals surface area contributed by atoms with Crippen LogP contribution in [0.25, 0.3) is 0 Å². The van der Waals surface area contributed by atoms with Gasteiger partial charge in [0.2, 0.25) is 0 Å². The van der Waals surface area contributed by atoms with Crippen molar-refractivity contribution < 1.29 is 14.3 Å². The first kappa shape index (κ1) is 22.8. The van der Waals surface area contributed by atoms with Crippen LogP contribution >= 0.6 is 0 Å². The normalized spacial score (nSPS) is 29.5. The predicted octanol–water partition coefficient (Wildman–Crippen LogP) is 3.38. The average Bonchev–Trinajstić information content (AvgIpc) is 2.79. The number of benzene rings is 2. The van der Waals surface area contributed by atoms with Gasteiger partial charge in [-0.3, -0.25) is 4.90 Å². The molecule has 0 aliphatic carbocycles. The zero-order valence-corrected chi connectivity index (χ0v) is 19.4. The van der Waals surface area contributed by atoms with E-state index >= 15 is 0 Å². The van der Waals surface area contributed by atoms with E-state index in [2.05, 4.69) is 42.8 Å². The number of nitrogen functional groups attached to an aromatic ring is 1. The van der Waals surface area contributed by atoms with E-state index in [0.29, 0.717) is 11.3 Å². The quantitative estimate of drug-likeness (QED) is 0.571. The Balaban J connectivity index is 1.77. The number of rotatable bonds is 5. The molecule has 3 atom stereocenters. The van der Waals surface area contributed by atoms with Crippen LogP contribution in [-0.2, 0) is 15.1 Å². The Hall–Kier alpha value is -2.41. The maximum atomic E-state index is 13.5. The van der Waals surface area contributed by atoms with Crippen LogP contribution in [0.15, 0.2) is 54.6 Å². The highest BCUT2D eigenvalue weighted by molar-refractivity contribution is 5.90. The topological polar surface area (TPSA) is 68.0 Å². The lowest BCUT2D eigenvalue weighted by atomic mass is 9.63. The van der Waals surface area contributed by atoms with E-state index in [4.69, 9.17) is 15.2 Å². The second-order valence-electron chi connectivity index (χ2n) is 9.62. The molecule has 32 heavy (non-hydrogen) atoms.